The number of benzene rings is 4. The Balaban J connectivity index is 1.59. The Bertz CT molecular complexity index is 1550. The van der Waals surface area contributed by atoms with Crippen molar-refractivity contribution in [1.29, 1.82) is 0 Å². The zero-order valence-corrected chi connectivity index (χ0v) is 21.2. The van der Waals surface area contributed by atoms with Crippen LogP contribution in [0.15, 0.2) is 66.7 Å². The molecule has 0 spiro atoms. The van der Waals surface area contributed by atoms with Crippen LogP contribution in [0.5, 0.6) is 5.75 Å². The highest BCUT2D eigenvalue weighted by Gasteiger charge is 2.41. The summed E-state index contributed by atoms with van der Waals surface area (Å²) < 4.78 is 145. The molecule has 0 heterocycles. The Hall–Kier alpha value is -4.02. The first-order valence-corrected chi connectivity index (χ1v) is 12.2. The summed E-state index contributed by atoms with van der Waals surface area (Å²) in [7, 11) is 0. The second-order valence-electron chi connectivity index (χ2n) is 9.19. The average Bonchev–Trinajstić information content (AvgIpc) is 2.86. The standard InChI is InChI=1S/C30H20F10O/c1-2-3-4-16-5-8-21(23(31)11-16)18-13-26(34)28(27(35)14-18)30(39,40)41-19-7-9-20(24(32)15-19)17-6-10-22(25(33)12-17)29(36,37)38/h5-15H,2-4H2,1H3. The van der Waals surface area contributed by atoms with Crippen LogP contribution in [0.2, 0.25) is 0 Å². The van der Waals surface area contributed by atoms with Gasteiger partial charge in [0.25, 0.3) is 0 Å². The van der Waals surface area contributed by atoms with Crippen molar-refractivity contribution in [2.45, 2.75) is 38.5 Å². The van der Waals surface area contributed by atoms with Gasteiger partial charge in [-0.25, -0.2) is 22.0 Å². The van der Waals surface area contributed by atoms with Crippen LogP contribution in [0, 0.1) is 29.1 Å². The maximum atomic E-state index is 14.9. The monoisotopic (exact) mass is 586 g/mol. The van der Waals surface area contributed by atoms with E-state index in [0.717, 1.165) is 31.0 Å². The van der Waals surface area contributed by atoms with E-state index < -0.39 is 63.8 Å². The minimum atomic E-state index is -4.99. The molecule has 0 fully saturated rings. The third kappa shape index (κ3) is 6.49. The fourth-order valence-corrected chi connectivity index (χ4v) is 4.24. The summed E-state index contributed by atoms with van der Waals surface area (Å²) in [6.45, 7) is 1.95. The van der Waals surface area contributed by atoms with Gasteiger partial charge in [-0.2, -0.15) is 22.0 Å². The van der Waals surface area contributed by atoms with Crippen LogP contribution in [0.25, 0.3) is 22.3 Å². The van der Waals surface area contributed by atoms with Gasteiger partial charge in [-0.05, 0) is 72.0 Å². The summed E-state index contributed by atoms with van der Waals surface area (Å²) in [5.41, 5.74) is -4.05. The molecule has 0 bridgehead atoms. The Morgan fingerprint density at radius 1 is 0.610 bits per heavy atom. The van der Waals surface area contributed by atoms with Gasteiger partial charge in [0.05, 0.1) is 5.56 Å². The van der Waals surface area contributed by atoms with Crippen LogP contribution in [-0.2, 0) is 18.7 Å². The van der Waals surface area contributed by atoms with Crippen molar-refractivity contribution in [3.8, 4) is 28.0 Å². The van der Waals surface area contributed by atoms with E-state index in [1.165, 1.54) is 12.1 Å². The van der Waals surface area contributed by atoms with Gasteiger partial charge in [0.2, 0.25) is 0 Å². The second kappa shape index (κ2) is 11.5. The molecule has 0 radical (unpaired) electrons. The number of alkyl halides is 5. The third-order valence-corrected chi connectivity index (χ3v) is 6.27. The van der Waals surface area contributed by atoms with Crippen molar-refractivity contribution in [2.24, 2.45) is 0 Å². The number of hydrogen-bond donors (Lipinski definition) is 0. The van der Waals surface area contributed by atoms with Crippen molar-refractivity contribution in [3.05, 3.63) is 113 Å². The van der Waals surface area contributed by atoms with E-state index in [0.29, 0.717) is 42.3 Å². The molecule has 1 nitrogen and oxygen atoms in total. The summed E-state index contributed by atoms with van der Waals surface area (Å²) in [6, 6.07) is 8.67. The highest BCUT2D eigenvalue weighted by atomic mass is 19.4. The van der Waals surface area contributed by atoms with Crippen molar-refractivity contribution in [2.75, 3.05) is 0 Å². The molecular formula is C30H20F10O. The maximum Gasteiger partial charge on any atom is 0.432 e. The summed E-state index contributed by atoms with van der Waals surface area (Å²) >= 11 is 0. The number of ether oxygens (including phenoxy) is 1. The molecule has 0 aliphatic rings. The second-order valence-corrected chi connectivity index (χ2v) is 9.19. The number of hydrogen-bond acceptors (Lipinski definition) is 1. The van der Waals surface area contributed by atoms with Crippen molar-refractivity contribution in [3.63, 3.8) is 0 Å². The average molecular weight is 586 g/mol. The van der Waals surface area contributed by atoms with Gasteiger partial charge in [-0.1, -0.05) is 31.5 Å². The van der Waals surface area contributed by atoms with Gasteiger partial charge >= 0.3 is 12.3 Å². The lowest BCUT2D eigenvalue weighted by Gasteiger charge is -2.20. The van der Waals surface area contributed by atoms with Crippen molar-refractivity contribution >= 4 is 0 Å². The molecular weight excluding hydrogens is 566 g/mol. The smallest absolute Gasteiger partial charge is 0.429 e. The molecule has 11 heteroatoms. The summed E-state index contributed by atoms with van der Waals surface area (Å²) in [5.74, 6) is -8.15. The quantitative estimate of drug-likeness (QED) is 0.187. The fraction of sp³-hybridized carbons (Fsp3) is 0.200. The SMILES string of the molecule is CCCCc1ccc(-c2cc(F)c(C(F)(F)Oc3ccc(-c4ccc(C(F)(F)F)c(F)c4)c(F)c3)c(F)c2)c(F)c1. The van der Waals surface area contributed by atoms with E-state index in [1.54, 1.807) is 6.07 Å². The molecule has 0 unspecified atom stereocenters. The van der Waals surface area contributed by atoms with E-state index in [9.17, 15) is 43.9 Å². The molecule has 216 valence electrons. The Morgan fingerprint density at radius 3 is 1.76 bits per heavy atom. The lowest BCUT2D eigenvalue weighted by molar-refractivity contribution is -0.189. The number of aryl methyl sites for hydroxylation is 1. The predicted molar refractivity (Wildman–Crippen MR) is 132 cm³/mol. The van der Waals surface area contributed by atoms with Gasteiger partial charge in [0, 0.05) is 17.2 Å². The Morgan fingerprint density at radius 2 is 1.20 bits per heavy atom. The largest absolute Gasteiger partial charge is 0.432 e. The molecule has 0 atom stereocenters. The molecule has 4 aromatic rings. The van der Waals surface area contributed by atoms with E-state index >= 15 is 0 Å². The fourth-order valence-electron chi connectivity index (χ4n) is 4.24. The van der Waals surface area contributed by atoms with E-state index in [1.807, 2.05) is 6.92 Å². The van der Waals surface area contributed by atoms with E-state index in [4.69, 9.17) is 0 Å². The van der Waals surface area contributed by atoms with Crippen LogP contribution in [0.4, 0.5) is 43.9 Å². The van der Waals surface area contributed by atoms with Crippen LogP contribution in [-0.4, -0.2) is 0 Å². The molecule has 0 amide bonds. The van der Waals surface area contributed by atoms with Crippen LogP contribution >= 0.6 is 0 Å². The lowest BCUT2D eigenvalue weighted by atomic mass is 9.99. The maximum absolute atomic E-state index is 14.9. The van der Waals surface area contributed by atoms with Crippen molar-refractivity contribution in [1.82, 2.24) is 0 Å². The molecule has 0 aromatic heterocycles. The molecule has 0 saturated carbocycles. The number of rotatable bonds is 8. The normalized spacial score (nSPS) is 12.1. The van der Waals surface area contributed by atoms with Crippen LogP contribution < -0.4 is 4.74 Å². The van der Waals surface area contributed by atoms with Crippen LogP contribution in [0.3, 0.4) is 0 Å². The highest BCUT2D eigenvalue weighted by Crippen LogP contribution is 2.39. The van der Waals surface area contributed by atoms with E-state index in [2.05, 4.69) is 4.74 Å². The molecule has 4 aromatic carbocycles. The van der Waals surface area contributed by atoms with Crippen LogP contribution in [0.1, 0.15) is 36.5 Å². The third-order valence-electron chi connectivity index (χ3n) is 6.27. The molecule has 0 saturated heterocycles. The zero-order chi connectivity index (χ0) is 30.1. The van der Waals surface area contributed by atoms with E-state index in [-0.39, 0.29) is 16.7 Å². The van der Waals surface area contributed by atoms with Gasteiger partial charge < -0.3 is 4.74 Å². The molecule has 41 heavy (non-hydrogen) atoms. The first-order chi connectivity index (χ1) is 19.2. The summed E-state index contributed by atoms with van der Waals surface area (Å²) in [4.78, 5) is 0. The van der Waals surface area contributed by atoms with Crippen molar-refractivity contribution < 1.29 is 48.6 Å². The zero-order valence-electron chi connectivity index (χ0n) is 21.2. The summed E-state index contributed by atoms with van der Waals surface area (Å²) in [5, 5.41) is 0. The number of halogens is 10. The first-order valence-electron chi connectivity index (χ1n) is 12.2. The first kappa shape index (κ1) is 30.0. The predicted octanol–water partition coefficient (Wildman–Crippen LogP) is 10.2. The Labute approximate surface area is 228 Å². The van der Waals surface area contributed by atoms with Gasteiger partial charge in [0.15, 0.2) is 0 Å². The van der Waals surface area contributed by atoms with Gasteiger partial charge in [-0.15, -0.1) is 0 Å². The molecule has 0 aliphatic carbocycles. The topological polar surface area (TPSA) is 9.23 Å². The summed E-state index contributed by atoms with van der Waals surface area (Å²) in [6.07, 6.45) is -7.40. The molecule has 0 aliphatic heterocycles. The molecule has 0 N–H and O–H groups in total. The van der Waals surface area contributed by atoms with Gasteiger partial charge in [-0.3, -0.25) is 0 Å². The van der Waals surface area contributed by atoms with Gasteiger partial charge in [0.1, 0.15) is 40.4 Å². The minimum Gasteiger partial charge on any atom is -0.429 e. The Kier molecular flexibility index (Phi) is 8.37. The molecule has 4 rings (SSSR count). The minimum absolute atomic E-state index is 0.212. The lowest BCUT2D eigenvalue weighted by Crippen LogP contribution is -2.25. The number of unbranched alkanes of at least 4 members (excludes halogenated alkanes) is 1. The highest BCUT2D eigenvalue weighted by molar-refractivity contribution is 5.66.